The van der Waals surface area contributed by atoms with Gasteiger partial charge in [0.25, 0.3) is 6.01 Å². The number of hydrogen-bond donors (Lipinski definition) is 2. The maximum Gasteiger partial charge on any atom is 0.416 e. The van der Waals surface area contributed by atoms with Crippen LogP contribution in [0.2, 0.25) is 10.0 Å². The second kappa shape index (κ2) is 28.9. The summed E-state index contributed by atoms with van der Waals surface area (Å²) in [6.07, 6.45) is -0.661. The maximum atomic E-state index is 13.6. The molecule has 522 valence electrons. The van der Waals surface area contributed by atoms with Crippen molar-refractivity contribution in [2.45, 2.75) is 62.8 Å². The van der Waals surface area contributed by atoms with Crippen LogP contribution in [0.15, 0.2) is 150 Å². The zero-order valence-corrected chi connectivity index (χ0v) is 58.7. The zero-order valence-electron chi connectivity index (χ0n) is 54.8. The largest absolute Gasteiger partial charge is 0.423 e. The summed E-state index contributed by atoms with van der Waals surface area (Å²) in [5.74, 6) is 15.8. The van der Waals surface area contributed by atoms with Crippen LogP contribution >= 0.6 is 23.2 Å². The van der Waals surface area contributed by atoms with E-state index in [-0.39, 0.29) is 53.6 Å². The molecule has 0 spiro atoms. The van der Waals surface area contributed by atoms with Crippen molar-refractivity contribution in [1.29, 1.82) is 0 Å². The average Bonchev–Trinajstić information content (AvgIpc) is 1.75. The predicted octanol–water partition coefficient (Wildman–Crippen LogP) is 11.8. The van der Waals surface area contributed by atoms with E-state index in [2.05, 4.69) is 71.6 Å². The van der Waals surface area contributed by atoms with Crippen molar-refractivity contribution < 1.29 is 44.6 Å². The molecule has 3 aromatic heterocycles. The smallest absolute Gasteiger partial charge is 0.416 e. The summed E-state index contributed by atoms with van der Waals surface area (Å²) < 4.78 is 82.2. The molecule has 0 bridgehead atoms. The topological polar surface area (TPSA) is 205 Å². The van der Waals surface area contributed by atoms with Crippen molar-refractivity contribution in [2.24, 2.45) is 17.8 Å². The Labute approximate surface area is 585 Å². The van der Waals surface area contributed by atoms with Gasteiger partial charge in [0, 0.05) is 116 Å². The Balaban J connectivity index is 0.000000134. The summed E-state index contributed by atoms with van der Waals surface area (Å²) in [5.41, 5.74) is 6.32. The maximum absolute atomic E-state index is 13.6. The molecule has 6 fully saturated rings. The number of aromatic nitrogens is 5. The lowest BCUT2D eigenvalue weighted by molar-refractivity contribution is -0.139. The zero-order chi connectivity index (χ0) is 69.4. The molecule has 3 unspecified atom stereocenters. The number of benzene rings is 6. The molecule has 9 heterocycles. The summed E-state index contributed by atoms with van der Waals surface area (Å²) >= 11 is 12.5. The molecule has 3 atom stereocenters. The minimum Gasteiger partial charge on any atom is -0.423 e. The fourth-order valence-corrected chi connectivity index (χ4v) is 19.8. The number of amides is 3. The number of fused-ring (bicyclic) bond motifs is 3. The minimum absolute atomic E-state index is 0.0628. The Hall–Kier alpha value is -8.03. The van der Waals surface area contributed by atoms with Crippen LogP contribution in [0, 0.1) is 17.8 Å². The number of rotatable bonds is 9. The Morgan fingerprint density at radius 3 is 1.32 bits per heavy atom. The number of para-hydroxylation sites is 2. The molecule has 99 heavy (non-hydrogen) atoms. The predicted molar refractivity (Wildman–Crippen MR) is 394 cm³/mol. The second-order valence-electron chi connectivity index (χ2n) is 26.8. The van der Waals surface area contributed by atoms with Gasteiger partial charge in [0.05, 0.1) is 45.3 Å². The number of anilines is 3. The monoisotopic (exact) mass is 1450 g/mol. The first kappa shape index (κ1) is 69.4. The summed E-state index contributed by atoms with van der Waals surface area (Å²) in [5, 5.41) is 1.06. The lowest BCUT2D eigenvalue weighted by atomic mass is 9.96. The van der Waals surface area contributed by atoms with E-state index in [1.807, 2.05) is 117 Å². The van der Waals surface area contributed by atoms with Gasteiger partial charge < -0.3 is 43.8 Å². The van der Waals surface area contributed by atoms with Crippen molar-refractivity contribution in [3.63, 3.8) is 0 Å². The number of halogens is 5. The number of alkyl halides is 3. The molecule has 9 aromatic rings. The molecule has 2 N–H and O–H groups in total. The molecular weight excluding hydrogens is 1370 g/mol. The van der Waals surface area contributed by atoms with Crippen LogP contribution in [-0.2, 0) is 49.1 Å². The van der Waals surface area contributed by atoms with E-state index in [0.29, 0.717) is 171 Å². The van der Waals surface area contributed by atoms with E-state index >= 15 is 0 Å². The van der Waals surface area contributed by atoms with Crippen LogP contribution in [-0.4, -0.2) is 181 Å². The molecule has 0 radical (unpaired) electrons. The third kappa shape index (κ3) is 15.9. The number of carbonyl (C=O) groups excluding carboxylic acids is 3. The van der Waals surface area contributed by atoms with Crippen LogP contribution in [0.25, 0.3) is 33.2 Å². The molecule has 0 saturated carbocycles. The van der Waals surface area contributed by atoms with Crippen LogP contribution in [0.4, 0.5) is 31.1 Å². The molecule has 26 heteroatoms. The highest BCUT2D eigenvalue weighted by atomic mass is 35.5. The number of imidazole rings is 2. The fraction of sp³-hybridized carbons (Fsp3) is 0.384. The van der Waals surface area contributed by atoms with Crippen molar-refractivity contribution in [2.75, 3.05) is 108 Å². The van der Waals surface area contributed by atoms with Gasteiger partial charge in [-0.2, -0.15) is 18.2 Å². The Morgan fingerprint density at radius 1 is 0.475 bits per heavy atom. The number of carbonyl (C=O) groups is 3. The van der Waals surface area contributed by atoms with E-state index in [1.165, 1.54) is 6.07 Å². The van der Waals surface area contributed by atoms with E-state index in [4.69, 9.17) is 32.6 Å². The van der Waals surface area contributed by atoms with Gasteiger partial charge in [0.15, 0.2) is 5.58 Å². The van der Waals surface area contributed by atoms with Crippen LogP contribution in [0.3, 0.4) is 0 Å². The van der Waals surface area contributed by atoms with Crippen LogP contribution in [0.1, 0.15) is 78.9 Å². The number of H-pyrrole nitrogens is 2. The van der Waals surface area contributed by atoms with Crippen LogP contribution < -0.4 is 14.7 Å². The quantitative estimate of drug-likeness (QED) is 0.129. The van der Waals surface area contributed by atoms with E-state index in [1.54, 1.807) is 6.07 Å². The number of hydrogen-bond acceptors (Lipinski definition) is 13. The second-order valence-corrected chi connectivity index (χ2v) is 35.8. The van der Waals surface area contributed by atoms with Gasteiger partial charge in [-0.25, -0.2) is 9.97 Å². The molecule has 3 amide bonds. The fourth-order valence-electron chi connectivity index (χ4n) is 14.4. The molecule has 15 rings (SSSR count). The SMILES string of the molecule is C=S1(=O)CCC(C(=O)N2CCN(c3nc4c(Cl)cc(Cl)cc4[nH]3)CC2c2ccccc2)CC1.C=S1(=O)CCC(C(=O)N2CCN(c3nc4ccc(C(F)(F)F)cc4[nH]3)CC2c2ccccc2)CC1.C=S1(=O)CCC(C(=O)N2CCN(c3nc4ccccc4o3)CC2c2ccccc2)CC1. The number of nitrogens with zero attached hydrogens (tertiary/aromatic N) is 9. The average molecular weight is 1450 g/mol. The minimum atomic E-state index is -4.43. The van der Waals surface area contributed by atoms with Gasteiger partial charge in [0.1, 0.15) is 11.0 Å². The molecule has 6 aliphatic rings. The molecule has 6 aliphatic heterocycles. The van der Waals surface area contributed by atoms with E-state index < -0.39 is 40.3 Å². The Kier molecular flexibility index (Phi) is 20.3. The third-order valence-corrected chi connectivity index (χ3v) is 26.4. The summed E-state index contributed by atoms with van der Waals surface area (Å²) in [6.45, 7) is 5.16. The highest BCUT2D eigenvalue weighted by Gasteiger charge is 2.41. The highest BCUT2D eigenvalue weighted by molar-refractivity contribution is 8.00. The first-order chi connectivity index (χ1) is 47.4. The number of oxazole rings is 1. The van der Waals surface area contributed by atoms with E-state index in [9.17, 15) is 40.2 Å². The highest BCUT2D eigenvalue weighted by Crippen LogP contribution is 2.39. The lowest BCUT2D eigenvalue weighted by Crippen LogP contribution is -2.53. The van der Waals surface area contributed by atoms with Crippen molar-refractivity contribution in [1.82, 2.24) is 39.6 Å². The lowest BCUT2D eigenvalue weighted by Gasteiger charge is -2.43. The summed E-state index contributed by atoms with van der Waals surface area (Å²) in [6, 6.07) is 44.9. The van der Waals surface area contributed by atoms with Gasteiger partial charge in [-0.15, -0.1) is 0 Å². The first-order valence-corrected chi connectivity index (χ1v) is 40.4. The molecular formula is C73H80Cl2F3N11O7S3. The third-order valence-electron chi connectivity index (χ3n) is 20.1. The molecule has 0 aliphatic carbocycles. The van der Waals surface area contributed by atoms with Crippen molar-refractivity contribution in [3.8, 4) is 0 Å². The van der Waals surface area contributed by atoms with Crippen molar-refractivity contribution >= 4 is 138 Å². The number of piperazine rings is 3. The van der Waals surface area contributed by atoms with Gasteiger partial charge in [0.2, 0.25) is 29.6 Å². The Bertz CT molecular complexity index is 4700. The van der Waals surface area contributed by atoms with Crippen LogP contribution in [0.5, 0.6) is 0 Å². The summed E-state index contributed by atoms with van der Waals surface area (Å²) in [4.78, 5) is 73.0. The van der Waals surface area contributed by atoms with Gasteiger partial charge >= 0.3 is 6.18 Å². The normalized spacial score (nSPS) is 26.2. The summed E-state index contributed by atoms with van der Waals surface area (Å²) in [7, 11) is -6.10. The molecule has 6 aromatic carbocycles. The van der Waals surface area contributed by atoms with Gasteiger partial charge in [-0.05, 0) is 144 Å². The van der Waals surface area contributed by atoms with Gasteiger partial charge in [-0.1, -0.05) is 126 Å². The number of nitrogens with one attached hydrogen (secondary N) is 2. The van der Waals surface area contributed by atoms with Gasteiger partial charge in [-0.3, -0.25) is 27.0 Å². The molecule has 6 saturated heterocycles. The number of aromatic amines is 2. The Morgan fingerprint density at radius 2 is 0.879 bits per heavy atom. The molecule has 18 nitrogen and oxygen atoms in total. The standard InChI is InChI=1S/C25H27F3N4O2S.C24H26Cl2N4O2S.C24H27N3O3S/c1-35(34)13-9-18(10-14-35)23(33)32-12-11-31(16-22(32)17-5-3-2-4-6-17)24-29-20-8-7-19(25(26,27)28)15-21(20)30-24;1-33(32)11-7-17(8-12-33)23(31)30-10-9-29(15-21(30)16-5-3-2-4-6-16)24-27-20-14-18(25)13-19(26)22(20)28-24;1-31(29)15-11-19(12-16-31)23(28)27-14-13-26(17-21(27)18-7-3-2-4-8-18)24-25-20-9-5-6-10-22(20)30-24/h2-8,15,18,22H,1,9-14,16H2,(H,29,30);2-6,13-14,17,21H,1,7-12,15H2,(H,27,28);2-10,19,21H,1,11-17H2. The first-order valence-electron chi connectivity index (χ1n) is 33.5. The van der Waals surface area contributed by atoms with E-state index in [0.717, 1.165) is 51.4 Å². The van der Waals surface area contributed by atoms with Crippen molar-refractivity contribution in [3.05, 3.63) is 178 Å².